The molecule has 0 radical (unpaired) electrons. The Morgan fingerprint density at radius 2 is 2.08 bits per heavy atom. The SMILES string of the molecule is CCCCCC(=O)OC(C)N.[NaH]. The van der Waals surface area contributed by atoms with Crippen LogP contribution >= 0.6 is 0 Å². The summed E-state index contributed by atoms with van der Waals surface area (Å²) in [6, 6.07) is 0. The van der Waals surface area contributed by atoms with Crippen molar-refractivity contribution in [3.63, 3.8) is 0 Å². The number of esters is 1. The molecule has 0 aliphatic heterocycles. The first kappa shape index (κ1) is 14.9. The maximum absolute atomic E-state index is 10.8. The number of carbonyl (C=O) groups excluding carboxylic acids is 1. The molecule has 0 saturated carbocycles. The average molecular weight is 183 g/mol. The van der Waals surface area contributed by atoms with E-state index in [4.69, 9.17) is 10.5 Å². The number of ether oxygens (including phenoxy) is 1. The van der Waals surface area contributed by atoms with Crippen molar-refractivity contribution in [1.82, 2.24) is 0 Å². The maximum atomic E-state index is 10.8. The van der Waals surface area contributed by atoms with Crippen LogP contribution in [0.1, 0.15) is 39.5 Å². The van der Waals surface area contributed by atoms with Crippen molar-refractivity contribution in [1.29, 1.82) is 0 Å². The molecule has 0 aromatic heterocycles. The fourth-order valence-electron chi connectivity index (χ4n) is 0.786. The molecule has 1 unspecified atom stereocenters. The number of carbonyl (C=O) groups is 1. The average Bonchev–Trinajstić information content (AvgIpc) is 1.86. The molecular formula is C8H18NNaO2. The molecule has 0 aliphatic rings. The van der Waals surface area contributed by atoms with Crippen molar-refractivity contribution in [2.75, 3.05) is 0 Å². The molecule has 0 aliphatic carbocycles. The Morgan fingerprint density at radius 3 is 2.50 bits per heavy atom. The predicted molar refractivity (Wildman–Crippen MR) is 51.0 cm³/mol. The monoisotopic (exact) mass is 183 g/mol. The molecular weight excluding hydrogens is 165 g/mol. The zero-order valence-electron chi connectivity index (χ0n) is 7.30. The van der Waals surface area contributed by atoms with Gasteiger partial charge < -0.3 is 4.74 Å². The van der Waals surface area contributed by atoms with Gasteiger partial charge in [-0.1, -0.05) is 19.8 Å². The van der Waals surface area contributed by atoms with Gasteiger partial charge in [-0.2, -0.15) is 0 Å². The summed E-state index contributed by atoms with van der Waals surface area (Å²) in [5.74, 6) is -0.187. The molecule has 3 nitrogen and oxygen atoms in total. The minimum atomic E-state index is -0.468. The molecule has 0 heterocycles. The van der Waals surface area contributed by atoms with Gasteiger partial charge in [0.15, 0.2) is 0 Å². The quantitative estimate of drug-likeness (QED) is 0.296. The Hall–Kier alpha value is 0.430. The molecule has 1 atom stereocenters. The number of hydrogen-bond donors (Lipinski definition) is 1. The van der Waals surface area contributed by atoms with E-state index >= 15 is 0 Å². The molecule has 12 heavy (non-hydrogen) atoms. The summed E-state index contributed by atoms with van der Waals surface area (Å²) >= 11 is 0. The van der Waals surface area contributed by atoms with Gasteiger partial charge in [-0.15, -0.1) is 0 Å². The second-order valence-electron chi connectivity index (χ2n) is 2.65. The first-order valence-electron chi connectivity index (χ1n) is 4.12. The van der Waals surface area contributed by atoms with Gasteiger partial charge in [0.25, 0.3) is 0 Å². The fourth-order valence-corrected chi connectivity index (χ4v) is 0.786. The summed E-state index contributed by atoms with van der Waals surface area (Å²) in [6.07, 6.45) is 3.13. The zero-order valence-corrected chi connectivity index (χ0v) is 7.30. The van der Waals surface area contributed by atoms with Crippen molar-refractivity contribution in [2.45, 2.75) is 45.8 Å². The van der Waals surface area contributed by atoms with Crippen LogP contribution in [-0.4, -0.2) is 41.8 Å². The van der Waals surface area contributed by atoms with Crippen molar-refractivity contribution >= 4 is 35.5 Å². The summed E-state index contributed by atoms with van der Waals surface area (Å²) < 4.78 is 4.74. The van der Waals surface area contributed by atoms with Crippen LogP contribution in [0.2, 0.25) is 0 Å². The number of nitrogens with two attached hydrogens (primary N) is 1. The fraction of sp³-hybridized carbons (Fsp3) is 0.875. The van der Waals surface area contributed by atoms with Crippen LogP contribution in [-0.2, 0) is 9.53 Å². The summed E-state index contributed by atoms with van der Waals surface area (Å²) in [6.45, 7) is 3.74. The molecule has 0 aromatic rings. The molecule has 0 saturated heterocycles. The Bertz CT molecular complexity index is 118. The number of rotatable bonds is 5. The van der Waals surface area contributed by atoms with Crippen LogP contribution < -0.4 is 5.73 Å². The Kier molecular flexibility index (Phi) is 11.8. The minimum absolute atomic E-state index is 0. The Morgan fingerprint density at radius 1 is 1.50 bits per heavy atom. The van der Waals surface area contributed by atoms with Crippen LogP contribution in [0.15, 0.2) is 0 Å². The summed E-state index contributed by atoms with van der Waals surface area (Å²) in [5.41, 5.74) is 5.25. The van der Waals surface area contributed by atoms with Crippen molar-refractivity contribution < 1.29 is 9.53 Å². The van der Waals surface area contributed by atoms with Gasteiger partial charge in [0.2, 0.25) is 0 Å². The first-order valence-corrected chi connectivity index (χ1v) is 4.12. The van der Waals surface area contributed by atoms with E-state index in [1.807, 2.05) is 0 Å². The molecule has 2 N–H and O–H groups in total. The summed E-state index contributed by atoms with van der Waals surface area (Å²) in [7, 11) is 0. The van der Waals surface area contributed by atoms with Crippen LogP contribution in [0.5, 0.6) is 0 Å². The van der Waals surface area contributed by atoms with Gasteiger partial charge in [-0.25, -0.2) is 0 Å². The molecule has 0 fully saturated rings. The second kappa shape index (κ2) is 9.52. The zero-order chi connectivity index (χ0) is 8.69. The van der Waals surface area contributed by atoms with E-state index in [0.717, 1.165) is 19.3 Å². The molecule has 0 amide bonds. The summed E-state index contributed by atoms with van der Waals surface area (Å²) in [5, 5.41) is 0. The van der Waals surface area contributed by atoms with Crippen molar-refractivity contribution in [3.8, 4) is 0 Å². The van der Waals surface area contributed by atoms with Gasteiger partial charge in [0.1, 0.15) is 6.23 Å². The molecule has 68 valence electrons. The van der Waals surface area contributed by atoms with E-state index in [1.165, 1.54) is 0 Å². The predicted octanol–water partition coefficient (Wildman–Crippen LogP) is 0.766. The molecule has 0 aromatic carbocycles. The van der Waals surface area contributed by atoms with Crippen LogP contribution in [0, 0.1) is 0 Å². The summed E-state index contributed by atoms with van der Waals surface area (Å²) in [4.78, 5) is 10.8. The molecule has 4 heteroatoms. The van der Waals surface area contributed by atoms with E-state index in [-0.39, 0.29) is 35.5 Å². The molecule has 0 spiro atoms. The third-order valence-electron chi connectivity index (χ3n) is 1.30. The van der Waals surface area contributed by atoms with E-state index in [0.29, 0.717) is 6.42 Å². The van der Waals surface area contributed by atoms with Gasteiger partial charge >= 0.3 is 35.5 Å². The van der Waals surface area contributed by atoms with E-state index in [1.54, 1.807) is 6.92 Å². The van der Waals surface area contributed by atoms with E-state index in [9.17, 15) is 4.79 Å². The van der Waals surface area contributed by atoms with Crippen LogP contribution in [0.4, 0.5) is 0 Å². The molecule has 0 rings (SSSR count). The molecule has 0 bridgehead atoms. The Labute approximate surface area is 96.3 Å². The van der Waals surface area contributed by atoms with Crippen molar-refractivity contribution in [2.24, 2.45) is 5.73 Å². The standard InChI is InChI=1S/C8H17NO2.Na.H/c1-3-4-5-6-8(10)11-7(2)9;;/h7H,3-6,9H2,1-2H3;;. The Balaban J connectivity index is 0. The van der Waals surface area contributed by atoms with Gasteiger partial charge in [-0.05, 0) is 13.3 Å². The second-order valence-corrected chi connectivity index (χ2v) is 2.65. The van der Waals surface area contributed by atoms with Gasteiger partial charge in [0.05, 0.1) is 0 Å². The van der Waals surface area contributed by atoms with Gasteiger partial charge in [-0.3, -0.25) is 10.5 Å². The first-order chi connectivity index (χ1) is 5.16. The third kappa shape index (κ3) is 10.4. The number of unbranched alkanes of at least 4 members (excludes halogenated alkanes) is 2. The van der Waals surface area contributed by atoms with E-state index in [2.05, 4.69) is 6.92 Å². The van der Waals surface area contributed by atoms with Crippen LogP contribution in [0.25, 0.3) is 0 Å². The van der Waals surface area contributed by atoms with E-state index < -0.39 is 6.23 Å². The van der Waals surface area contributed by atoms with Crippen LogP contribution in [0.3, 0.4) is 0 Å². The number of hydrogen-bond acceptors (Lipinski definition) is 3. The normalized spacial score (nSPS) is 11.6. The van der Waals surface area contributed by atoms with Gasteiger partial charge in [0, 0.05) is 6.42 Å². The topological polar surface area (TPSA) is 52.3 Å². The third-order valence-corrected chi connectivity index (χ3v) is 1.30. The van der Waals surface area contributed by atoms with Crippen molar-refractivity contribution in [3.05, 3.63) is 0 Å².